The molecule has 3 aromatic rings. The lowest BCUT2D eigenvalue weighted by Gasteiger charge is -2.34. The summed E-state index contributed by atoms with van der Waals surface area (Å²) in [5, 5.41) is 3.36. The van der Waals surface area contributed by atoms with Gasteiger partial charge in [-0.15, -0.1) is 0 Å². The van der Waals surface area contributed by atoms with Crippen LogP contribution in [0.4, 0.5) is 5.69 Å². The molecule has 9 heteroatoms. The minimum absolute atomic E-state index is 0.0680. The summed E-state index contributed by atoms with van der Waals surface area (Å²) in [6, 6.07) is 18.3. The summed E-state index contributed by atoms with van der Waals surface area (Å²) in [5.41, 5.74) is 3.72. The lowest BCUT2D eigenvalue weighted by molar-refractivity contribution is -0.140. The van der Waals surface area contributed by atoms with Crippen molar-refractivity contribution < 1.29 is 18.0 Å². The topological polar surface area (TPSA) is 86.8 Å². The number of amides is 2. The van der Waals surface area contributed by atoms with Gasteiger partial charge in [0, 0.05) is 18.1 Å². The Hall–Kier alpha value is -3.36. The first-order chi connectivity index (χ1) is 19.0. The van der Waals surface area contributed by atoms with Crippen molar-refractivity contribution in [1.82, 2.24) is 10.2 Å². The smallest absolute Gasteiger partial charge is 0.264 e. The number of nitrogens with one attached hydrogen (secondary N) is 1. The van der Waals surface area contributed by atoms with Crippen molar-refractivity contribution in [2.75, 3.05) is 17.4 Å². The summed E-state index contributed by atoms with van der Waals surface area (Å²) in [4.78, 5) is 28.9. The molecule has 0 aliphatic rings. The second-order valence-electron chi connectivity index (χ2n) is 9.92. The Morgan fingerprint density at radius 1 is 0.925 bits per heavy atom. The first kappa shape index (κ1) is 31.2. The van der Waals surface area contributed by atoms with E-state index < -0.39 is 28.5 Å². The van der Waals surface area contributed by atoms with Gasteiger partial charge in [-0.2, -0.15) is 0 Å². The molecule has 0 heterocycles. The summed E-state index contributed by atoms with van der Waals surface area (Å²) in [6.45, 7) is 9.54. The number of carbonyl (C=O) groups excluding carboxylic acids is 2. The van der Waals surface area contributed by atoms with Crippen molar-refractivity contribution in [2.24, 2.45) is 0 Å². The van der Waals surface area contributed by atoms with Crippen LogP contribution in [0.1, 0.15) is 48.9 Å². The van der Waals surface area contributed by atoms with Crippen LogP contribution in [0.2, 0.25) is 5.02 Å². The van der Waals surface area contributed by atoms with Gasteiger partial charge >= 0.3 is 0 Å². The van der Waals surface area contributed by atoms with Gasteiger partial charge in [-0.1, -0.05) is 67.4 Å². The van der Waals surface area contributed by atoms with Gasteiger partial charge in [-0.05, 0) is 80.6 Å². The van der Waals surface area contributed by atoms with Gasteiger partial charge in [0.2, 0.25) is 11.8 Å². The van der Waals surface area contributed by atoms with Gasteiger partial charge in [0.1, 0.15) is 12.6 Å². The van der Waals surface area contributed by atoms with Crippen LogP contribution in [0.3, 0.4) is 0 Å². The predicted octanol–water partition coefficient (Wildman–Crippen LogP) is 5.79. The van der Waals surface area contributed by atoms with Crippen LogP contribution in [-0.4, -0.2) is 44.3 Å². The van der Waals surface area contributed by atoms with E-state index in [1.54, 1.807) is 37.3 Å². The number of nitrogens with zero attached hydrogens (tertiary/aromatic N) is 2. The number of hydrogen-bond acceptors (Lipinski definition) is 4. The van der Waals surface area contributed by atoms with E-state index in [-0.39, 0.29) is 17.3 Å². The maximum Gasteiger partial charge on any atom is 0.264 e. The second-order valence-corrected chi connectivity index (χ2v) is 12.2. The van der Waals surface area contributed by atoms with E-state index in [1.807, 2.05) is 52.0 Å². The molecule has 2 amide bonds. The van der Waals surface area contributed by atoms with Crippen LogP contribution in [0.25, 0.3) is 0 Å². The van der Waals surface area contributed by atoms with E-state index in [0.29, 0.717) is 29.2 Å². The average Bonchev–Trinajstić information content (AvgIpc) is 2.92. The van der Waals surface area contributed by atoms with Crippen molar-refractivity contribution >= 4 is 39.1 Å². The Morgan fingerprint density at radius 2 is 1.60 bits per heavy atom. The fourth-order valence-corrected chi connectivity index (χ4v) is 6.21. The number of aryl methyl sites for hydroxylation is 3. The van der Waals surface area contributed by atoms with Gasteiger partial charge in [0.15, 0.2) is 0 Å². The zero-order chi connectivity index (χ0) is 29.4. The molecule has 0 bridgehead atoms. The van der Waals surface area contributed by atoms with Crippen LogP contribution < -0.4 is 9.62 Å². The molecule has 0 aliphatic heterocycles. The van der Waals surface area contributed by atoms with Crippen LogP contribution >= 0.6 is 11.6 Å². The maximum absolute atomic E-state index is 14.1. The third kappa shape index (κ3) is 7.43. The Morgan fingerprint density at radius 3 is 2.20 bits per heavy atom. The number of rotatable bonds is 12. The van der Waals surface area contributed by atoms with E-state index in [1.165, 1.54) is 17.0 Å². The Balaban J connectivity index is 2.10. The van der Waals surface area contributed by atoms with Gasteiger partial charge in [-0.25, -0.2) is 8.42 Å². The van der Waals surface area contributed by atoms with Gasteiger partial charge in [-0.3, -0.25) is 13.9 Å². The van der Waals surface area contributed by atoms with Crippen LogP contribution in [0.15, 0.2) is 71.6 Å². The van der Waals surface area contributed by atoms with Gasteiger partial charge in [0.25, 0.3) is 10.0 Å². The second kappa shape index (κ2) is 13.8. The third-order valence-electron chi connectivity index (χ3n) is 6.85. The van der Waals surface area contributed by atoms with E-state index >= 15 is 0 Å². The molecule has 0 aliphatic carbocycles. The maximum atomic E-state index is 14.1. The molecule has 1 unspecified atom stereocenters. The largest absolute Gasteiger partial charge is 0.354 e. The molecule has 40 heavy (non-hydrogen) atoms. The fourth-order valence-electron chi connectivity index (χ4n) is 4.51. The summed E-state index contributed by atoms with van der Waals surface area (Å²) < 4.78 is 29.1. The minimum Gasteiger partial charge on any atom is -0.354 e. The Labute approximate surface area is 243 Å². The zero-order valence-corrected chi connectivity index (χ0v) is 25.3. The standard InChI is InChI=1S/C31H38ClN3O4S/c1-6-18-33-31(37)28(7-2)34(20-25-11-9-8-10-23(25)4)30(36)21-35(29-17-14-26(32)19-24(29)5)40(38,39)27-15-12-22(3)13-16-27/h8-17,19,28H,6-7,18,20-21H2,1-5H3,(H,33,37). The highest BCUT2D eigenvalue weighted by Crippen LogP contribution is 2.30. The molecule has 7 nitrogen and oxygen atoms in total. The molecule has 1 N–H and O–H groups in total. The summed E-state index contributed by atoms with van der Waals surface area (Å²) in [5.74, 6) is -0.742. The molecule has 214 valence electrons. The molecule has 0 spiro atoms. The van der Waals surface area contributed by atoms with Gasteiger partial charge in [0.05, 0.1) is 10.6 Å². The van der Waals surface area contributed by atoms with Crippen molar-refractivity contribution in [1.29, 1.82) is 0 Å². The van der Waals surface area contributed by atoms with Crippen LogP contribution in [0, 0.1) is 20.8 Å². The highest BCUT2D eigenvalue weighted by molar-refractivity contribution is 7.92. The molecule has 0 saturated carbocycles. The highest BCUT2D eigenvalue weighted by Gasteiger charge is 2.34. The first-order valence-corrected chi connectivity index (χ1v) is 15.3. The fraction of sp³-hybridized carbons (Fsp3) is 0.355. The highest BCUT2D eigenvalue weighted by atomic mass is 35.5. The molecule has 1 atom stereocenters. The number of carbonyl (C=O) groups is 2. The summed E-state index contributed by atoms with van der Waals surface area (Å²) in [7, 11) is -4.14. The summed E-state index contributed by atoms with van der Waals surface area (Å²) >= 11 is 6.18. The molecule has 0 radical (unpaired) electrons. The molecular weight excluding hydrogens is 546 g/mol. The van der Waals surface area contributed by atoms with Crippen LogP contribution in [0.5, 0.6) is 0 Å². The van der Waals surface area contributed by atoms with Crippen LogP contribution in [-0.2, 0) is 26.2 Å². The van der Waals surface area contributed by atoms with Crippen molar-refractivity contribution in [3.63, 3.8) is 0 Å². The number of halogens is 1. The van der Waals surface area contributed by atoms with Crippen molar-refractivity contribution in [3.8, 4) is 0 Å². The predicted molar refractivity (Wildman–Crippen MR) is 161 cm³/mol. The zero-order valence-electron chi connectivity index (χ0n) is 23.8. The Bertz CT molecular complexity index is 1440. The quantitative estimate of drug-likeness (QED) is 0.292. The minimum atomic E-state index is -4.14. The molecular formula is C31H38ClN3O4S. The molecule has 0 fully saturated rings. The van der Waals surface area contributed by atoms with Crippen molar-refractivity contribution in [3.05, 3.63) is 94.0 Å². The SMILES string of the molecule is CCCNC(=O)C(CC)N(Cc1ccccc1C)C(=O)CN(c1ccc(Cl)cc1C)S(=O)(=O)c1ccc(C)cc1. The average molecular weight is 584 g/mol. The number of anilines is 1. The number of hydrogen-bond donors (Lipinski definition) is 1. The monoisotopic (exact) mass is 583 g/mol. The molecule has 3 aromatic carbocycles. The lowest BCUT2D eigenvalue weighted by Crippen LogP contribution is -2.52. The Kier molecular flexibility index (Phi) is 10.8. The van der Waals surface area contributed by atoms with Gasteiger partial charge < -0.3 is 10.2 Å². The van der Waals surface area contributed by atoms with Crippen molar-refractivity contribution in [2.45, 2.75) is 64.9 Å². The molecule has 3 rings (SSSR count). The third-order valence-corrected chi connectivity index (χ3v) is 8.86. The number of sulfonamides is 1. The van der Waals surface area contributed by atoms with E-state index in [2.05, 4.69) is 5.32 Å². The molecule has 0 saturated heterocycles. The lowest BCUT2D eigenvalue weighted by atomic mass is 10.1. The first-order valence-electron chi connectivity index (χ1n) is 13.5. The number of benzene rings is 3. The van der Waals surface area contributed by atoms with E-state index in [9.17, 15) is 18.0 Å². The molecule has 0 aromatic heterocycles. The summed E-state index contributed by atoms with van der Waals surface area (Å²) in [6.07, 6.45) is 1.13. The normalized spacial score (nSPS) is 12.1. The van der Waals surface area contributed by atoms with E-state index in [4.69, 9.17) is 11.6 Å². The van der Waals surface area contributed by atoms with E-state index in [0.717, 1.165) is 27.4 Å².